The molecule has 26 heavy (non-hydrogen) atoms. The van der Waals surface area contributed by atoms with Crippen molar-refractivity contribution in [3.05, 3.63) is 35.8 Å². The number of hydrogen-bond donors (Lipinski definition) is 3. The largest absolute Gasteiger partial charge is 0.361 e. The van der Waals surface area contributed by atoms with E-state index in [9.17, 15) is 4.39 Å². The Kier molecular flexibility index (Phi) is 6.89. The normalized spacial score (nSPS) is 15.7. The molecular formula is C20H30FN5. The molecule has 1 saturated heterocycles. The van der Waals surface area contributed by atoms with E-state index < -0.39 is 0 Å². The minimum absolute atomic E-state index is 0.210. The summed E-state index contributed by atoms with van der Waals surface area (Å²) in [5.41, 5.74) is 2.04. The second-order valence-corrected chi connectivity index (χ2v) is 6.94. The molecule has 1 aromatic heterocycles. The van der Waals surface area contributed by atoms with Crippen molar-refractivity contribution in [2.45, 2.75) is 32.1 Å². The maximum atomic E-state index is 13.3. The molecule has 0 aliphatic carbocycles. The van der Waals surface area contributed by atoms with Gasteiger partial charge in [-0.25, -0.2) is 4.39 Å². The van der Waals surface area contributed by atoms with Gasteiger partial charge in [0.1, 0.15) is 5.82 Å². The van der Waals surface area contributed by atoms with E-state index in [0.29, 0.717) is 0 Å². The summed E-state index contributed by atoms with van der Waals surface area (Å²) < 4.78 is 13.3. The molecule has 0 spiro atoms. The lowest BCUT2D eigenvalue weighted by Crippen LogP contribution is -2.38. The Morgan fingerprint density at radius 3 is 2.81 bits per heavy atom. The molecule has 3 N–H and O–H groups in total. The molecule has 2 aromatic rings. The van der Waals surface area contributed by atoms with E-state index in [0.717, 1.165) is 42.8 Å². The summed E-state index contributed by atoms with van der Waals surface area (Å²) in [7, 11) is 1.80. The molecule has 1 aliphatic heterocycles. The number of guanidine groups is 1. The number of aromatic nitrogens is 1. The number of halogens is 1. The third-order valence-corrected chi connectivity index (χ3v) is 5.03. The number of aliphatic imine (C=N–C) groups is 1. The van der Waals surface area contributed by atoms with E-state index in [-0.39, 0.29) is 5.82 Å². The zero-order chi connectivity index (χ0) is 18.2. The van der Waals surface area contributed by atoms with E-state index in [1.807, 2.05) is 12.3 Å². The molecule has 3 rings (SSSR count). The van der Waals surface area contributed by atoms with Gasteiger partial charge in [0.15, 0.2) is 5.96 Å². The van der Waals surface area contributed by atoms with Gasteiger partial charge in [-0.1, -0.05) is 0 Å². The maximum absolute atomic E-state index is 13.3. The van der Waals surface area contributed by atoms with E-state index in [2.05, 4.69) is 25.5 Å². The van der Waals surface area contributed by atoms with E-state index in [4.69, 9.17) is 0 Å². The molecule has 0 saturated carbocycles. The summed E-state index contributed by atoms with van der Waals surface area (Å²) in [4.78, 5) is 9.97. The van der Waals surface area contributed by atoms with Crippen molar-refractivity contribution in [3.8, 4) is 0 Å². The smallest absolute Gasteiger partial charge is 0.190 e. The quantitative estimate of drug-likeness (QED) is 0.386. The van der Waals surface area contributed by atoms with Gasteiger partial charge in [-0.3, -0.25) is 4.99 Å². The van der Waals surface area contributed by atoms with Crippen molar-refractivity contribution in [3.63, 3.8) is 0 Å². The number of benzene rings is 1. The van der Waals surface area contributed by atoms with Crippen LogP contribution in [-0.2, 0) is 6.42 Å². The Morgan fingerprint density at radius 2 is 2.00 bits per heavy atom. The second-order valence-electron chi connectivity index (χ2n) is 6.94. The first-order valence-electron chi connectivity index (χ1n) is 9.68. The second kappa shape index (κ2) is 9.57. The highest BCUT2D eigenvalue weighted by molar-refractivity contribution is 5.83. The number of H-pyrrole nitrogens is 1. The predicted molar refractivity (Wildman–Crippen MR) is 106 cm³/mol. The highest BCUT2D eigenvalue weighted by atomic mass is 19.1. The topological polar surface area (TPSA) is 55.5 Å². The third kappa shape index (κ3) is 5.21. The van der Waals surface area contributed by atoms with Gasteiger partial charge >= 0.3 is 0 Å². The van der Waals surface area contributed by atoms with Crippen LogP contribution in [0.15, 0.2) is 29.4 Å². The fourth-order valence-corrected chi connectivity index (χ4v) is 3.57. The third-order valence-electron chi connectivity index (χ3n) is 5.03. The van der Waals surface area contributed by atoms with Crippen LogP contribution in [0.4, 0.5) is 4.39 Å². The van der Waals surface area contributed by atoms with Gasteiger partial charge < -0.3 is 20.5 Å². The molecular weight excluding hydrogens is 329 g/mol. The molecule has 0 amide bonds. The number of rotatable bonds is 8. The fourth-order valence-electron chi connectivity index (χ4n) is 3.57. The number of unbranched alkanes of at least 4 members (excludes halogenated alkanes) is 1. The molecule has 142 valence electrons. The zero-order valence-corrected chi connectivity index (χ0v) is 15.7. The van der Waals surface area contributed by atoms with Gasteiger partial charge in [-0.2, -0.15) is 0 Å². The summed E-state index contributed by atoms with van der Waals surface area (Å²) in [6.45, 7) is 5.50. The van der Waals surface area contributed by atoms with Crippen LogP contribution in [0, 0.1) is 5.82 Å². The summed E-state index contributed by atoms with van der Waals surface area (Å²) in [6, 6.07) is 4.88. The lowest BCUT2D eigenvalue weighted by Gasteiger charge is -2.15. The van der Waals surface area contributed by atoms with Crippen LogP contribution in [0.25, 0.3) is 10.9 Å². The monoisotopic (exact) mass is 359 g/mol. The summed E-state index contributed by atoms with van der Waals surface area (Å²) in [6.07, 6.45) is 7.93. The minimum Gasteiger partial charge on any atom is -0.361 e. The Morgan fingerprint density at radius 1 is 1.19 bits per heavy atom. The molecule has 2 heterocycles. The summed E-state index contributed by atoms with van der Waals surface area (Å²) in [5.74, 6) is 0.635. The van der Waals surface area contributed by atoms with Crippen molar-refractivity contribution >= 4 is 16.9 Å². The number of aromatic amines is 1. The Labute approximate surface area is 155 Å². The number of fused-ring (bicyclic) bond motifs is 1. The summed E-state index contributed by atoms with van der Waals surface area (Å²) >= 11 is 0. The Bertz CT molecular complexity index is 718. The molecule has 1 fully saturated rings. The highest BCUT2D eigenvalue weighted by Gasteiger charge is 2.10. The van der Waals surface area contributed by atoms with Gasteiger partial charge in [-0.05, 0) is 75.5 Å². The van der Waals surface area contributed by atoms with Crippen LogP contribution in [0.2, 0.25) is 0 Å². The lowest BCUT2D eigenvalue weighted by atomic mass is 10.1. The lowest BCUT2D eigenvalue weighted by molar-refractivity contribution is 0.330. The maximum Gasteiger partial charge on any atom is 0.190 e. The average Bonchev–Trinajstić information content (AvgIpc) is 3.29. The molecule has 0 bridgehead atoms. The van der Waals surface area contributed by atoms with Crippen molar-refractivity contribution in [1.29, 1.82) is 0 Å². The molecule has 6 heteroatoms. The van der Waals surface area contributed by atoms with E-state index in [1.165, 1.54) is 56.6 Å². The van der Waals surface area contributed by atoms with E-state index in [1.54, 1.807) is 7.05 Å². The highest BCUT2D eigenvalue weighted by Crippen LogP contribution is 2.19. The molecule has 1 aliphatic rings. The van der Waals surface area contributed by atoms with Crippen LogP contribution in [0.1, 0.15) is 31.2 Å². The first-order chi connectivity index (χ1) is 12.8. The van der Waals surface area contributed by atoms with Crippen molar-refractivity contribution < 1.29 is 4.39 Å². The van der Waals surface area contributed by atoms with Crippen molar-refractivity contribution in [2.24, 2.45) is 4.99 Å². The molecule has 5 nitrogen and oxygen atoms in total. The standard InChI is InChI=1S/C20H30FN5/c1-22-20(23-9-2-3-11-26-12-4-5-13-26)24-10-8-16-15-25-19-14-17(21)6-7-18(16)19/h6-7,14-15,25H,2-5,8-13H2,1H3,(H2,22,23,24). The molecule has 0 radical (unpaired) electrons. The summed E-state index contributed by atoms with van der Waals surface area (Å²) in [5, 5.41) is 7.82. The first-order valence-corrected chi connectivity index (χ1v) is 9.68. The Balaban J connectivity index is 1.34. The average molecular weight is 359 g/mol. The van der Waals surface area contributed by atoms with Crippen molar-refractivity contribution in [1.82, 2.24) is 20.5 Å². The van der Waals surface area contributed by atoms with Crippen LogP contribution >= 0.6 is 0 Å². The molecule has 0 atom stereocenters. The van der Waals surface area contributed by atoms with Crippen LogP contribution < -0.4 is 10.6 Å². The minimum atomic E-state index is -0.210. The number of nitrogens with zero attached hydrogens (tertiary/aromatic N) is 2. The van der Waals surface area contributed by atoms with Gasteiger partial charge in [0.05, 0.1) is 0 Å². The number of hydrogen-bond acceptors (Lipinski definition) is 2. The van der Waals surface area contributed by atoms with Crippen LogP contribution in [0.3, 0.4) is 0 Å². The molecule has 0 unspecified atom stereocenters. The SMILES string of the molecule is CN=C(NCCCCN1CCCC1)NCCc1c[nH]c2cc(F)ccc12. The Hall–Kier alpha value is -2.08. The van der Waals surface area contributed by atoms with Gasteiger partial charge in [-0.15, -0.1) is 0 Å². The van der Waals surface area contributed by atoms with Crippen LogP contribution in [0.5, 0.6) is 0 Å². The van der Waals surface area contributed by atoms with E-state index >= 15 is 0 Å². The first kappa shape index (κ1) is 18.7. The van der Waals surface area contributed by atoms with Gasteiger partial charge in [0.25, 0.3) is 0 Å². The molecule has 1 aromatic carbocycles. The predicted octanol–water partition coefficient (Wildman–Crippen LogP) is 2.89. The van der Waals surface area contributed by atoms with Crippen molar-refractivity contribution in [2.75, 3.05) is 39.8 Å². The number of nitrogens with one attached hydrogen (secondary N) is 3. The fraction of sp³-hybridized carbons (Fsp3) is 0.550. The number of likely N-dealkylation sites (tertiary alicyclic amines) is 1. The zero-order valence-electron chi connectivity index (χ0n) is 15.7. The van der Waals surface area contributed by atoms with Gasteiger partial charge in [0.2, 0.25) is 0 Å². The van der Waals surface area contributed by atoms with Crippen LogP contribution in [-0.4, -0.2) is 55.6 Å². The van der Waals surface area contributed by atoms with Gasteiger partial charge in [0, 0.05) is 37.2 Å².